The zero-order valence-electron chi connectivity index (χ0n) is 11.9. The molecule has 0 bridgehead atoms. The van der Waals surface area contributed by atoms with Crippen molar-refractivity contribution in [3.63, 3.8) is 0 Å². The van der Waals surface area contributed by atoms with E-state index in [1.165, 1.54) is 12.0 Å². The molecule has 0 radical (unpaired) electrons. The van der Waals surface area contributed by atoms with Crippen molar-refractivity contribution in [3.8, 4) is 0 Å². The van der Waals surface area contributed by atoms with E-state index in [0.29, 0.717) is 12.1 Å². The van der Waals surface area contributed by atoms with Crippen LogP contribution in [-0.2, 0) is 0 Å². The van der Waals surface area contributed by atoms with Gasteiger partial charge in [0, 0.05) is 23.7 Å². The largest absolute Gasteiger partial charge is 0.315 e. The van der Waals surface area contributed by atoms with Crippen LogP contribution < -0.4 is 5.32 Å². The van der Waals surface area contributed by atoms with Crippen LogP contribution in [0.2, 0.25) is 5.02 Å². The first-order chi connectivity index (χ1) is 8.56. The lowest BCUT2D eigenvalue weighted by molar-refractivity contribution is 0.193. The molecular formula is C15H25ClN2. The highest BCUT2D eigenvalue weighted by Gasteiger charge is 2.16. The maximum absolute atomic E-state index is 5.92. The smallest absolute Gasteiger partial charge is 0.0406 e. The van der Waals surface area contributed by atoms with Crippen molar-refractivity contribution in [1.82, 2.24) is 10.2 Å². The Morgan fingerprint density at radius 2 is 1.83 bits per heavy atom. The van der Waals surface area contributed by atoms with Crippen molar-refractivity contribution < 1.29 is 0 Å². The summed E-state index contributed by atoms with van der Waals surface area (Å²) in [5, 5.41) is 4.27. The highest BCUT2D eigenvalue weighted by atomic mass is 35.5. The molecule has 0 saturated carbocycles. The van der Waals surface area contributed by atoms with Crippen molar-refractivity contribution in [2.75, 3.05) is 20.1 Å². The van der Waals surface area contributed by atoms with Crippen LogP contribution in [0.1, 0.15) is 38.8 Å². The molecule has 0 spiro atoms. The van der Waals surface area contributed by atoms with Gasteiger partial charge in [-0.25, -0.2) is 0 Å². The molecule has 102 valence electrons. The van der Waals surface area contributed by atoms with E-state index < -0.39 is 0 Å². The number of halogens is 1. The van der Waals surface area contributed by atoms with Crippen LogP contribution in [0.3, 0.4) is 0 Å². The summed E-state index contributed by atoms with van der Waals surface area (Å²) in [6, 6.07) is 9.05. The second-order valence-corrected chi connectivity index (χ2v) is 5.38. The Morgan fingerprint density at radius 3 is 2.39 bits per heavy atom. The van der Waals surface area contributed by atoms with Crippen molar-refractivity contribution >= 4 is 11.6 Å². The molecule has 0 saturated heterocycles. The molecule has 0 aliphatic heterocycles. The van der Waals surface area contributed by atoms with Crippen LogP contribution in [-0.4, -0.2) is 31.1 Å². The first kappa shape index (κ1) is 15.5. The second-order valence-electron chi connectivity index (χ2n) is 4.95. The van der Waals surface area contributed by atoms with Gasteiger partial charge >= 0.3 is 0 Å². The van der Waals surface area contributed by atoms with Gasteiger partial charge in [0.1, 0.15) is 0 Å². The lowest BCUT2D eigenvalue weighted by Gasteiger charge is -2.31. The molecule has 2 unspecified atom stereocenters. The van der Waals surface area contributed by atoms with E-state index in [1.807, 2.05) is 12.1 Å². The number of hydrogen-bond acceptors (Lipinski definition) is 2. The van der Waals surface area contributed by atoms with Gasteiger partial charge in [-0.05, 0) is 51.6 Å². The Morgan fingerprint density at radius 1 is 1.22 bits per heavy atom. The third kappa shape index (κ3) is 4.60. The monoisotopic (exact) mass is 268 g/mol. The minimum atomic E-state index is 0.403. The molecule has 1 rings (SSSR count). The average Bonchev–Trinajstić information content (AvgIpc) is 2.38. The van der Waals surface area contributed by atoms with Gasteiger partial charge in [0.25, 0.3) is 0 Å². The Bertz CT molecular complexity index is 337. The Balaban J connectivity index is 2.54. The van der Waals surface area contributed by atoms with Crippen LogP contribution >= 0.6 is 11.6 Å². The molecule has 1 aromatic rings. The molecule has 2 nitrogen and oxygen atoms in total. The third-order valence-electron chi connectivity index (χ3n) is 3.53. The summed E-state index contributed by atoms with van der Waals surface area (Å²) in [6.45, 7) is 8.81. The van der Waals surface area contributed by atoms with E-state index in [1.54, 1.807) is 0 Å². The lowest BCUT2D eigenvalue weighted by atomic mass is 10.1. The second kappa shape index (κ2) is 7.78. The van der Waals surface area contributed by atoms with Gasteiger partial charge in [-0.3, -0.25) is 4.90 Å². The van der Waals surface area contributed by atoms with E-state index in [9.17, 15) is 0 Å². The molecule has 0 aliphatic rings. The topological polar surface area (TPSA) is 15.3 Å². The SMILES string of the molecule is CCCNCC(C)N(C)C(C)c1ccc(Cl)cc1. The van der Waals surface area contributed by atoms with E-state index in [0.717, 1.165) is 18.1 Å². The summed E-state index contributed by atoms with van der Waals surface area (Å²) in [5.74, 6) is 0. The average molecular weight is 269 g/mol. The minimum Gasteiger partial charge on any atom is -0.315 e. The molecule has 0 amide bonds. The van der Waals surface area contributed by atoms with Crippen molar-refractivity contribution in [1.29, 1.82) is 0 Å². The molecule has 2 atom stereocenters. The molecule has 1 aromatic carbocycles. The van der Waals surface area contributed by atoms with Gasteiger partial charge in [0.15, 0.2) is 0 Å². The van der Waals surface area contributed by atoms with Crippen molar-refractivity contribution in [2.45, 2.75) is 39.3 Å². The quantitative estimate of drug-likeness (QED) is 0.759. The molecular weight excluding hydrogens is 244 g/mol. The van der Waals surface area contributed by atoms with Crippen LogP contribution in [0.5, 0.6) is 0 Å². The highest BCUT2D eigenvalue weighted by Crippen LogP contribution is 2.22. The summed E-state index contributed by atoms with van der Waals surface area (Å²) in [7, 11) is 2.18. The molecule has 18 heavy (non-hydrogen) atoms. The van der Waals surface area contributed by atoms with Crippen LogP contribution in [0.4, 0.5) is 0 Å². The van der Waals surface area contributed by atoms with E-state index in [4.69, 9.17) is 11.6 Å². The van der Waals surface area contributed by atoms with Crippen molar-refractivity contribution in [3.05, 3.63) is 34.9 Å². The lowest BCUT2D eigenvalue weighted by Crippen LogP contribution is -2.39. The van der Waals surface area contributed by atoms with E-state index in [-0.39, 0.29) is 0 Å². The number of rotatable bonds is 7. The maximum Gasteiger partial charge on any atom is 0.0406 e. The molecule has 0 aliphatic carbocycles. The Labute approximate surface area is 116 Å². The minimum absolute atomic E-state index is 0.403. The van der Waals surface area contributed by atoms with Crippen LogP contribution in [0.25, 0.3) is 0 Å². The first-order valence-electron chi connectivity index (χ1n) is 6.74. The Kier molecular flexibility index (Phi) is 6.69. The third-order valence-corrected chi connectivity index (χ3v) is 3.78. The number of likely N-dealkylation sites (N-methyl/N-ethyl adjacent to an activating group) is 1. The first-order valence-corrected chi connectivity index (χ1v) is 7.12. The van der Waals surface area contributed by atoms with Crippen molar-refractivity contribution in [2.24, 2.45) is 0 Å². The number of nitrogens with one attached hydrogen (secondary N) is 1. The summed E-state index contributed by atoms with van der Waals surface area (Å²) >= 11 is 5.92. The number of nitrogens with zero attached hydrogens (tertiary/aromatic N) is 1. The van der Waals surface area contributed by atoms with Gasteiger partial charge < -0.3 is 5.32 Å². The van der Waals surface area contributed by atoms with Gasteiger partial charge in [0.2, 0.25) is 0 Å². The maximum atomic E-state index is 5.92. The molecule has 3 heteroatoms. The van der Waals surface area contributed by atoms with E-state index in [2.05, 4.69) is 50.2 Å². The summed E-state index contributed by atoms with van der Waals surface area (Å²) < 4.78 is 0. The molecule has 0 heterocycles. The summed E-state index contributed by atoms with van der Waals surface area (Å²) in [4.78, 5) is 2.39. The predicted octanol–water partition coefficient (Wildman–Crippen LogP) is 3.72. The fourth-order valence-corrected chi connectivity index (χ4v) is 2.12. The van der Waals surface area contributed by atoms with Gasteiger partial charge in [-0.15, -0.1) is 0 Å². The van der Waals surface area contributed by atoms with E-state index >= 15 is 0 Å². The zero-order chi connectivity index (χ0) is 13.5. The van der Waals surface area contributed by atoms with Gasteiger partial charge in [0.05, 0.1) is 0 Å². The molecule has 1 N–H and O–H groups in total. The normalized spacial score (nSPS) is 14.8. The number of benzene rings is 1. The summed E-state index contributed by atoms with van der Waals surface area (Å²) in [5.41, 5.74) is 1.31. The van der Waals surface area contributed by atoms with Gasteiger partial charge in [-0.2, -0.15) is 0 Å². The molecule has 0 fully saturated rings. The van der Waals surface area contributed by atoms with Gasteiger partial charge in [-0.1, -0.05) is 30.7 Å². The van der Waals surface area contributed by atoms with Crippen LogP contribution in [0, 0.1) is 0 Å². The number of hydrogen-bond donors (Lipinski definition) is 1. The highest BCUT2D eigenvalue weighted by molar-refractivity contribution is 6.30. The zero-order valence-corrected chi connectivity index (χ0v) is 12.7. The standard InChI is InChI=1S/C15H25ClN2/c1-5-10-17-11-12(2)18(4)13(3)14-6-8-15(16)9-7-14/h6-9,12-13,17H,5,10-11H2,1-4H3. The summed E-state index contributed by atoms with van der Waals surface area (Å²) in [6.07, 6.45) is 1.18. The Hall–Kier alpha value is -0.570. The van der Waals surface area contributed by atoms with Crippen LogP contribution in [0.15, 0.2) is 24.3 Å². The predicted molar refractivity (Wildman–Crippen MR) is 80.3 cm³/mol. The molecule has 0 aromatic heterocycles. The fourth-order valence-electron chi connectivity index (χ4n) is 1.99. The fraction of sp³-hybridized carbons (Fsp3) is 0.600.